The summed E-state index contributed by atoms with van der Waals surface area (Å²) >= 11 is 0. The van der Waals surface area contributed by atoms with Gasteiger partial charge in [-0.05, 0) is 36.4 Å². The van der Waals surface area contributed by atoms with E-state index in [1.54, 1.807) is 18.5 Å². The number of hydrogen-bond donors (Lipinski definition) is 2. The van der Waals surface area contributed by atoms with E-state index in [2.05, 4.69) is 15.3 Å². The third-order valence-electron chi connectivity index (χ3n) is 4.34. The number of nitrogens with one attached hydrogen (secondary N) is 3. The average Bonchev–Trinajstić information content (AvgIpc) is 2.68. The van der Waals surface area contributed by atoms with Gasteiger partial charge in [-0.1, -0.05) is 18.2 Å². The monoisotopic (exact) mass is 347 g/mol. The molecule has 4 aromatic rings. The van der Waals surface area contributed by atoms with Gasteiger partial charge in [0.2, 0.25) is 0 Å². The van der Waals surface area contributed by atoms with E-state index in [0.717, 1.165) is 11.2 Å². The van der Waals surface area contributed by atoms with Gasteiger partial charge in [-0.3, -0.25) is 5.32 Å². The molecule has 0 amide bonds. The summed E-state index contributed by atoms with van der Waals surface area (Å²) in [5, 5.41) is 15.1. The minimum Gasteiger partial charge on any atom is -0.502 e. The van der Waals surface area contributed by atoms with Crippen molar-refractivity contribution in [2.45, 2.75) is 6.04 Å². The molecule has 2 aromatic heterocycles. The maximum atomic E-state index is 13.8. The zero-order valence-corrected chi connectivity index (χ0v) is 13.9. The van der Waals surface area contributed by atoms with E-state index in [1.807, 2.05) is 48.5 Å². The number of hydrogen-bond acceptors (Lipinski definition) is 2. The Labute approximate surface area is 150 Å². The molecular weight excluding hydrogens is 329 g/mol. The average molecular weight is 347 g/mol. The van der Waals surface area contributed by atoms with Crippen molar-refractivity contribution in [1.82, 2.24) is 0 Å². The molecule has 0 saturated carbocycles. The lowest BCUT2D eigenvalue weighted by Crippen LogP contribution is -2.19. The molecule has 0 aliphatic heterocycles. The summed E-state index contributed by atoms with van der Waals surface area (Å²) in [5.74, 6) is 0.581. The van der Waals surface area contributed by atoms with Crippen molar-refractivity contribution >= 4 is 16.7 Å². The molecule has 0 fully saturated rings. The van der Waals surface area contributed by atoms with Crippen LogP contribution in [0.25, 0.3) is 10.9 Å². The van der Waals surface area contributed by atoms with Gasteiger partial charge in [0, 0.05) is 23.3 Å². The van der Waals surface area contributed by atoms with Crippen molar-refractivity contribution in [2.24, 2.45) is 0 Å². The molecule has 0 radical (unpaired) electrons. The van der Waals surface area contributed by atoms with E-state index < -0.39 is 6.04 Å². The lowest BCUT2D eigenvalue weighted by Gasteiger charge is -2.16. The van der Waals surface area contributed by atoms with Gasteiger partial charge in [-0.25, -0.2) is 14.4 Å². The quantitative estimate of drug-likeness (QED) is 0.593. The van der Waals surface area contributed by atoms with Crippen LogP contribution in [0.5, 0.6) is 5.75 Å². The topological polar surface area (TPSA) is 60.5 Å². The van der Waals surface area contributed by atoms with Gasteiger partial charge in [0.15, 0.2) is 11.9 Å². The van der Waals surface area contributed by atoms with Crippen molar-refractivity contribution in [3.63, 3.8) is 0 Å². The number of benzene rings is 2. The standard InChI is InChI=1S/C21H16FN3O/c22-16-7-3-5-15(13-16)19(25-18-8-1-2-11-23-18)17-10-9-14-6-4-12-24-20(14)21(17)26/h1-13,19,26H,(H,23,25)/p+2. The van der Waals surface area contributed by atoms with E-state index in [0.29, 0.717) is 16.6 Å². The number of anilines is 1. The van der Waals surface area contributed by atoms with Gasteiger partial charge in [-0.2, -0.15) is 0 Å². The Morgan fingerprint density at radius 2 is 1.77 bits per heavy atom. The largest absolute Gasteiger partial charge is 0.502 e. The third kappa shape index (κ3) is 3.07. The van der Waals surface area contributed by atoms with Crippen LogP contribution in [-0.2, 0) is 0 Å². The number of halogens is 1. The number of aromatic nitrogens is 2. The summed E-state index contributed by atoms with van der Waals surface area (Å²) in [5.41, 5.74) is 2.01. The van der Waals surface area contributed by atoms with Crippen LogP contribution in [0.1, 0.15) is 17.2 Å². The van der Waals surface area contributed by atoms with Crippen LogP contribution in [0.4, 0.5) is 10.2 Å². The van der Waals surface area contributed by atoms with Crippen molar-refractivity contribution in [3.05, 3.63) is 96.1 Å². The van der Waals surface area contributed by atoms with Crippen LogP contribution in [-0.4, -0.2) is 5.11 Å². The highest BCUT2D eigenvalue weighted by Gasteiger charge is 2.25. The number of aromatic amines is 2. The molecule has 0 saturated heterocycles. The van der Waals surface area contributed by atoms with Crippen LogP contribution in [0.3, 0.4) is 0 Å². The molecule has 1 atom stereocenters. The smallest absolute Gasteiger partial charge is 0.272 e. The Morgan fingerprint density at radius 1 is 0.885 bits per heavy atom. The predicted molar refractivity (Wildman–Crippen MR) is 97.0 cm³/mol. The fraction of sp³-hybridized carbons (Fsp3) is 0.0476. The van der Waals surface area contributed by atoms with Gasteiger partial charge in [0.05, 0.1) is 11.6 Å². The van der Waals surface area contributed by atoms with Crippen LogP contribution >= 0.6 is 0 Å². The summed E-state index contributed by atoms with van der Waals surface area (Å²) in [6.07, 6.45) is 3.57. The molecule has 1 unspecified atom stereocenters. The van der Waals surface area contributed by atoms with Crippen LogP contribution in [0, 0.1) is 5.82 Å². The number of fused-ring (bicyclic) bond motifs is 1. The second-order valence-electron chi connectivity index (χ2n) is 6.05. The minimum atomic E-state index is -0.428. The van der Waals surface area contributed by atoms with Crippen LogP contribution < -0.4 is 15.3 Å². The van der Waals surface area contributed by atoms with E-state index >= 15 is 0 Å². The molecule has 0 aliphatic carbocycles. The van der Waals surface area contributed by atoms with E-state index in [-0.39, 0.29) is 11.6 Å². The molecule has 128 valence electrons. The van der Waals surface area contributed by atoms with Gasteiger partial charge in [0.1, 0.15) is 11.9 Å². The van der Waals surface area contributed by atoms with Crippen molar-refractivity contribution in [3.8, 4) is 5.75 Å². The normalized spacial score (nSPS) is 12.0. The zero-order chi connectivity index (χ0) is 17.9. The molecule has 0 aliphatic rings. The zero-order valence-electron chi connectivity index (χ0n) is 13.9. The molecule has 5 heteroatoms. The minimum absolute atomic E-state index is 0.140. The highest BCUT2D eigenvalue weighted by Crippen LogP contribution is 2.35. The summed E-state index contributed by atoms with van der Waals surface area (Å²) < 4.78 is 13.8. The lowest BCUT2D eigenvalue weighted by atomic mass is 9.96. The predicted octanol–water partition coefficient (Wildman–Crippen LogP) is 3.51. The third-order valence-corrected chi connectivity index (χ3v) is 4.34. The van der Waals surface area contributed by atoms with Gasteiger partial charge < -0.3 is 5.11 Å². The molecule has 4 nitrogen and oxygen atoms in total. The van der Waals surface area contributed by atoms with Gasteiger partial charge >= 0.3 is 0 Å². The summed E-state index contributed by atoms with van der Waals surface area (Å²) in [4.78, 5) is 6.20. The number of pyridine rings is 2. The maximum absolute atomic E-state index is 13.8. The van der Waals surface area contributed by atoms with E-state index in [9.17, 15) is 9.50 Å². The molecule has 2 heterocycles. The summed E-state index contributed by atoms with van der Waals surface area (Å²) in [6.45, 7) is 0. The Bertz CT molecular complexity index is 1050. The highest BCUT2D eigenvalue weighted by atomic mass is 19.1. The molecule has 26 heavy (non-hydrogen) atoms. The van der Waals surface area contributed by atoms with Crippen LogP contribution in [0.15, 0.2) is 79.1 Å². The second-order valence-corrected chi connectivity index (χ2v) is 6.05. The first-order valence-electron chi connectivity index (χ1n) is 8.33. The van der Waals surface area contributed by atoms with Crippen molar-refractivity contribution in [1.29, 1.82) is 0 Å². The lowest BCUT2D eigenvalue weighted by molar-refractivity contribution is -0.361. The summed E-state index contributed by atoms with van der Waals surface area (Å²) in [6, 6.07) is 19.2. The summed E-state index contributed by atoms with van der Waals surface area (Å²) in [7, 11) is 0. The van der Waals surface area contributed by atoms with E-state index in [1.165, 1.54) is 12.1 Å². The van der Waals surface area contributed by atoms with Gasteiger partial charge in [-0.15, -0.1) is 0 Å². The van der Waals surface area contributed by atoms with Crippen molar-refractivity contribution in [2.75, 3.05) is 5.32 Å². The molecular formula is C21H18FN3O+2. The SMILES string of the molecule is Oc1c(C(Nc2cccc[nH+]2)c2cccc(F)c2)ccc2ccc[nH+]c12. The molecule has 4 N–H and O–H groups in total. The maximum Gasteiger partial charge on any atom is 0.272 e. The Kier molecular flexibility index (Phi) is 4.19. The Balaban J connectivity index is 1.86. The molecule has 0 bridgehead atoms. The highest BCUT2D eigenvalue weighted by molar-refractivity contribution is 5.83. The van der Waals surface area contributed by atoms with E-state index in [4.69, 9.17) is 0 Å². The molecule has 4 rings (SSSR count). The first kappa shape index (κ1) is 16.0. The first-order chi connectivity index (χ1) is 12.7. The number of rotatable bonds is 4. The number of phenolic OH excluding ortho intramolecular Hbond substituents is 1. The Morgan fingerprint density at radius 3 is 2.58 bits per heavy atom. The van der Waals surface area contributed by atoms with Crippen molar-refractivity contribution < 1.29 is 19.5 Å². The number of phenols is 1. The first-order valence-corrected chi connectivity index (χ1v) is 8.33. The second kappa shape index (κ2) is 6.80. The molecule has 2 aromatic carbocycles. The molecule has 0 spiro atoms. The van der Waals surface area contributed by atoms with Gasteiger partial charge in [0.25, 0.3) is 11.3 Å². The Hall–Kier alpha value is -3.47. The van der Waals surface area contributed by atoms with Crippen LogP contribution in [0.2, 0.25) is 0 Å². The fourth-order valence-electron chi connectivity index (χ4n) is 3.10. The number of H-pyrrole nitrogens is 2. The fourth-order valence-corrected chi connectivity index (χ4v) is 3.10. The number of aromatic hydroxyl groups is 1.